The Hall–Kier alpha value is -0.610. The monoisotopic (exact) mass is 211 g/mol. The van der Waals surface area contributed by atoms with Crippen LogP contribution in [0.25, 0.3) is 0 Å². The first-order chi connectivity index (χ1) is 7.11. The van der Waals surface area contributed by atoms with Gasteiger partial charge < -0.3 is 15.1 Å². The molecule has 0 saturated carbocycles. The summed E-state index contributed by atoms with van der Waals surface area (Å²) < 4.78 is 0. The average molecular weight is 211 g/mol. The van der Waals surface area contributed by atoms with Gasteiger partial charge in [-0.15, -0.1) is 0 Å². The average Bonchev–Trinajstić information content (AvgIpc) is 2.14. The third kappa shape index (κ3) is 2.32. The first kappa shape index (κ1) is 10.9. The number of hydrogen-bond donors (Lipinski definition) is 1. The van der Waals surface area contributed by atoms with Crippen molar-refractivity contribution in [2.45, 2.75) is 12.8 Å². The maximum Gasteiger partial charge on any atom is 0.236 e. The third-order valence-corrected chi connectivity index (χ3v) is 3.42. The zero-order chi connectivity index (χ0) is 10.9. The van der Waals surface area contributed by atoms with E-state index >= 15 is 0 Å². The fourth-order valence-corrected chi connectivity index (χ4v) is 2.61. The van der Waals surface area contributed by atoms with E-state index in [1.165, 1.54) is 12.8 Å². The van der Waals surface area contributed by atoms with Crippen molar-refractivity contribution in [3.05, 3.63) is 0 Å². The number of amides is 1. The smallest absolute Gasteiger partial charge is 0.236 e. The Kier molecular flexibility index (Phi) is 2.98. The minimum absolute atomic E-state index is 0.274. The van der Waals surface area contributed by atoms with E-state index in [2.05, 4.69) is 5.32 Å². The van der Waals surface area contributed by atoms with Gasteiger partial charge in [0.15, 0.2) is 0 Å². The first-order valence-electron chi connectivity index (χ1n) is 5.75. The molecule has 0 aromatic rings. The van der Waals surface area contributed by atoms with E-state index in [-0.39, 0.29) is 5.91 Å². The van der Waals surface area contributed by atoms with Crippen LogP contribution in [0.4, 0.5) is 0 Å². The van der Waals surface area contributed by atoms with Gasteiger partial charge in [0.1, 0.15) is 0 Å². The summed E-state index contributed by atoms with van der Waals surface area (Å²) in [6, 6.07) is 0. The van der Waals surface area contributed by atoms with E-state index in [1.807, 2.05) is 23.9 Å². The largest absolute Gasteiger partial charge is 0.340 e. The van der Waals surface area contributed by atoms with Crippen LogP contribution in [0.2, 0.25) is 0 Å². The highest BCUT2D eigenvalue weighted by molar-refractivity contribution is 5.79. The van der Waals surface area contributed by atoms with Crippen LogP contribution >= 0.6 is 0 Å². The maximum atomic E-state index is 11.7. The van der Waals surface area contributed by atoms with E-state index in [0.717, 1.165) is 26.2 Å². The van der Waals surface area contributed by atoms with Gasteiger partial charge in [-0.05, 0) is 33.5 Å². The Labute approximate surface area is 91.6 Å². The fraction of sp³-hybridized carbons (Fsp3) is 0.909. The van der Waals surface area contributed by atoms with Gasteiger partial charge in [0, 0.05) is 25.0 Å². The first-order valence-corrected chi connectivity index (χ1v) is 5.75. The van der Waals surface area contributed by atoms with Gasteiger partial charge in [0.2, 0.25) is 5.91 Å². The molecule has 2 fully saturated rings. The lowest BCUT2D eigenvalue weighted by Gasteiger charge is -2.52. The van der Waals surface area contributed by atoms with Crippen LogP contribution in [-0.4, -0.2) is 62.5 Å². The highest BCUT2D eigenvalue weighted by Gasteiger charge is 2.45. The molecule has 1 N–H and O–H groups in total. The molecule has 2 heterocycles. The van der Waals surface area contributed by atoms with E-state index < -0.39 is 0 Å². The van der Waals surface area contributed by atoms with Gasteiger partial charge in [0.25, 0.3) is 0 Å². The minimum Gasteiger partial charge on any atom is -0.340 e. The molecule has 0 bridgehead atoms. The summed E-state index contributed by atoms with van der Waals surface area (Å²) in [5, 5.41) is 3.43. The molecule has 0 unspecified atom stereocenters. The van der Waals surface area contributed by atoms with Gasteiger partial charge >= 0.3 is 0 Å². The van der Waals surface area contributed by atoms with Crippen molar-refractivity contribution < 1.29 is 4.79 Å². The quantitative estimate of drug-likeness (QED) is 0.685. The lowest BCUT2D eigenvalue weighted by Crippen LogP contribution is -2.64. The molecule has 15 heavy (non-hydrogen) atoms. The lowest BCUT2D eigenvalue weighted by atomic mass is 9.74. The van der Waals surface area contributed by atoms with E-state index in [0.29, 0.717) is 12.0 Å². The molecule has 2 aliphatic heterocycles. The van der Waals surface area contributed by atoms with E-state index in [9.17, 15) is 4.79 Å². The van der Waals surface area contributed by atoms with Crippen LogP contribution in [0.5, 0.6) is 0 Å². The molecule has 1 amide bonds. The summed E-state index contributed by atoms with van der Waals surface area (Å²) in [6.07, 6.45) is 2.54. The Bertz CT molecular complexity index is 238. The second kappa shape index (κ2) is 4.10. The van der Waals surface area contributed by atoms with Gasteiger partial charge in [-0.25, -0.2) is 0 Å². The number of likely N-dealkylation sites (N-methyl/N-ethyl adjacent to an activating group) is 1. The molecule has 0 radical (unpaired) electrons. The molecule has 0 atom stereocenters. The van der Waals surface area contributed by atoms with Gasteiger partial charge in [-0.1, -0.05) is 0 Å². The van der Waals surface area contributed by atoms with Crippen LogP contribution in [0.3, 0.4) is 0 Å². The minimum atomic E-state index is 0.274. The molecular weight excluding hydrogens is 190 g/mol. The Morgan fingerprint density at radius 1 is 1.47 bits per heavy atom. The lowest BCUT2D eigenvalue weighted by molar-refractivity contribution is -0.145. The highest BCUT2D eigenvalue weighted by atomic mass is 16.2. The topological polar surface area (TPSA) is 35.6 Å². The van der Waals surface area contributed by atoms with Crippen LogP contribution in [0.1, 0.15) is 12.8 Å². The molecule has 2 rings (SSSR count). The molecule has 4 nitrogen and oxygen atoms in total. The fourth-order valence-electron chi connectivity index (χ4n) is 2.61. The van der Waals surface area contributed by atoms with Crippen LogP contribution in [0.15, 0.2) is 0 Å². The number of rotatable bonds is 2. The van der Waals surface area contributed by atoms with Gasteiger partial charge in [-0.3, -0.25) is 4.79 Å². The summed E-state index contributed by atoms with van der Waals surface area (Å²) in [6.45, 7) is 4.72. The Balaban J connectivity index is 1.79. The van der Waals surface area contributed by atoms with Crippen molar-refractivity contribution in [1.82, 2.24) is 15.1 Å². The SMILES string of the molecule is CN(C)CC(=O)N1CC2(CCCNC2)C1. The molecule has 2 saturated heterocycles. The molecule has 0 aromatic heterocycles. The second-order valence-corrected chi connectivity index (χ2v) is 5.27. The normalized spacial score (nSPS) is 24.3. The predicted molar refractivity (Wildman–Crippen MR) is 59.7 cm³/mol. The Morgan fingerprint density at radius 2 is 2.20 bits per heavy atom. The summed E-state index contributed by atoms with van der Waals surface area (Å²) in [7, 11) is 3.88. The number of likely N-dealkylation sites (tertiary alicyclic amines) is 1. The zero-order valence-corrected chi connectivity index (χ0v) is 9.75. The summed E-state index contributed by atoms with van der Waals surface area (Å²) in [5.74, 6) is 0.274. The van der Waals surface area contributed by atoms with E-state index in [4.69, 9.17) is 0 Å². The second-order valence-electron chi connectivity index (χ2n) is 5.27. The van der Waals surface area contributed by atoms with Crippen molar-refractivity contribution in [3.8, 4) is 0 Å². The molecule has 86 valence electrons. The van der Waals surface area contributed by atoms with Crippen LogP contribution in [-0.2, 0) is 4.79 Å². The summed E-state index contributed by atoms with van der Waals surface area (Å²) >= 11 is 0. The number of nitrogens with zero attached hydrogens (tertiary/aromatic N) is 2. The van der Waals surface area contributed by atoms with Crippen LogP contribution < -0.4 is 5.32 Å². The van der Waals surface area contributed by atoms with Gasteiger partial charge in [0.05, 0.1) is 6.54 Å². The van der Waals surface area contributed by atoms with E-state index in [1.54, 1.807) is 0 Å². The third-order valence-electron chi connectivity index (χ3n) is 3.42. The molecule has 1 spiro atoms. The number of carbonyl (C=O) groups is 1. The Morgan fingerprint density at radius 3 is 2.73 bits per heavy atom. The molecular formula is C11H21N3O. The maximum absolute atomic E-state index is 11.7. The molecule has 2 aliphatic rings. The number of nitrogens with one attached hydrogen (secondary N) is 1. The standard InChI is InChI=1S/C11H21N3O/c1-13(2)6-10(15)14-8-11(9-14)4-3-5-12-7-11/h12H,3-9H2,1-2H3. The predicted octanol–water partition coefficient (Wildman–Crippen LogP) is -0.240. The number of carbonyl (C=O) groups excluding carboxylic acids is 1. The van der Waals surface area contributed by atoms with Crippen molar-refractivity contribution in [2.75, 3.05) is 46.8 Å². The summed E-state index contributed by atoms with van der Waals surface area (Å²) in [4.78, 5) is 15.7. The number of piperidine rings is 1. The van der Waals surface area contributed by atoms with Crippen molar-refractivity contribution in [1.29, 1.82) is 0 Å². The number of hydrogen-bond acceptors (Lipinski definition) is 3. The van der Waals surface area contributed by atoms with Gasteiger partial charge in [-0.2, -0.15) is 0 Å². The van der Waals surface area contributed by atoms with Crippen molar-refractivity contribution >= 4 is 5.91 Å². The highest BCUT2D eigenvalue weighted by Crippen LogP contribution is 2.36. The molecule has 0 aliphatic carbocycles. The van der Waals surface area contributed by atoms with Crippen LogP contribution in [0, 0.1) is 5.41 Å². The zero-order valence-electron chi connectivity index (χ0n) is 9.75. The molecule has 4 heteroatoms. The molecule has 0 aromatic carbocycles. The summed E-state index contributed by atoms with van der Waals surface area (Å²) in [5.41, 5.74) is 0.417. The van der Waals surface area contributed by atoms with Crippen molar-refractivity contribution in [2.24, 2.45) is 5.41 Å². The van der Waals surface area contributed by atoms with Crippen molar-refractivity contribution in [3.63, 3.8) is 0 Å².